The highest BCUT2D eigenvalue weighted by molar-refractivity contribution is 6.14. The summed E-state index contributed by atoms with van der Waals surface area (Å²) < 4.78 is 5.61. The molecule has 3 aromatic rings. The molecule has 0 aromatic heterocycles. The number of carbonyl (C=O) groups is 2. The SMILES string of the molecule is CC1OC(=O)c2c(O)cc(N=C(c3ccccc3)c3ccccc3)cc2/C=C/CC(O)C(O)C(=O)/C=C\[C@H]1C. The number of carbonyl (C=O) groups excluding carboxylic acids is 2. The molecule has 0 amide bonds. The van der Waals surface area contributed by atoms with Crippen molar-refractivity contribution >= 4 is 29.2 Å². The third kappa shape index (κ3) is 6.76. The molecule has 3 N–H and O–H groups in total. The maximum atomic E-state index is 13.2. The number of hydrogen-bond donors (Lipinski definition) is 3. The molecule has 4 rings (SSSR count). The number of esters is 1. The summed E-state index contributed by atoms with van der Waals surface area (Å²) in [5, 5.41) is 31.6. The van der Waals surface area contributed by atoms with E-state index in [1.807, 2.05) is 60.7 Å². The quantitative estimate of drug-likeness (QED) is 0.327. The predicted octanol–water partition coefficient (Wildman–Crippen LogP) is 5.01. The highest BCUT2D eigenvalue weighted by Crippen LogP contribution is 2.32. The van der Waals surface area contributed by atoms with Crippen LogP contribution >= 0.6 is 0 Å². The van der Waals surface area contributed by atoms with Crippen LogP contribution in [0.15, 0.2) is 96.0 Å². The Labute approximate surface area is 227 Å². The highest BCUT2D eigenvalue weighted by atomic mass is 16.5. The smallest absolute Gasteiger partial charge is 0.342 e. The minimum Gasteiger partial charge on any atom is -0.507 e. The third-order valence-electron chi connectivity index (χ3n) is 6.60. The fourth-order valence-electron chi connectivity index (χ4n) is 4.16. The number of aliphatic hydroxyl groups excluding tert-OH is 2. The van der Waals surface area contributed by atoms with E-state index < -0.39 is 30.1 Å². The zero-order valence-electron chi connectivity index (χ0n) is 21.8. The monoisotopic (exact) mass is 525 g/mol. The Balaban J connectivity index is 1.82. The maximum absolute atomic E-state index is 13.2. The number of aliphatic hydroxyl groups is 2. The Morgan fingerprint density at radius 2 is 1.51 bits per heavy atom. The van der Waals surface area contributed by atoms with Gasteiger partial charge in [-0.3, -0.25) is 4.79 Å². The lowest BCUT2D eigenvalue weighted by Gasteiger charge is -2.20. The molecule has 0 saturated carbocycles. The molecule has 4 atom stereocenters. The van der Waals surface area contributed by atoms with Gasteiger partial charge in [0.1, 0.15) is 23.5 Å². The highest BCUT2D eigenvalue weighted by Gasteiger charge is 2.25. The van der Waals surface area contributed by atoms with E-state index in [4.69, 9.17) is 9.73 Å². The van der Waals surface area contributed by atoms with Crippen LogP contribution in [0.1, 0.15) is 47.3 Å². The van der Waals surface area contributed by atoms with Gasteiger partial charge in [0.25, 0.3) is 0 Å². The Bertz CT molecular complexity index is 1370. The molecule has 1 aliphatic rings. The second kappa shape index (κ2) is 12.5. The first-order valence-electron chi connectivity index (χ1n) is 12.8. The van der Waals surface area contributed by atoms with Crippen LogP contribution in [-0.4, -0.2) is 51.1 Å². The standard InChI is InChI=1S/C32H31NO6/c1-20-16-17-27(35)31(37)26(34)15-9-14-24-18-25(19-28(36)29(24)32(38)39-21(20)2)33-30(22-10-5-3-6-11-22)23-12-7-4-8-13-23/h3-14,16-21,26,31,34,36-37H,15H2,1-2H3/b14-9+,17-16-/t20-,21?,26?,31?/m1/s1. The molecule has 3 unspecified atom stereocenters. The van der Waals surface area contributed by atoms with Gasteiger partial charge in [0.05, 0.1) is 17.5 Å². The molecule has 0 saturated heterocycles. The number of rotatable bonds is 3. The van der Waals surface area contributed by atoms with Gasteiger partial charge in [0, 0.05) is 23.1 Å². The molecular formula is C32H31NO6. The lowest BCUT2D eigenvalue weighted by Crippen LogP contribution is -2.32. The second-order valence-electron chi connectivity index (χ2n) is 9.50. The van der Waals surface area contributed by atoms with Crippen LogP contribution in [0, 0.1) is 5.92 Å². The molecule has 3 aromatic carbocycles. The molecule has 39 heavy (non-hydrogen) atoms. The molecule has 7 heteroatoms. The maximum Gasteiger partial charge on any atom is 0.342 e. The topological polar surface area (TPSA) is 116 Å². The van der Waals surface area contributed by atoms with Gasteiger partial charge in [0.2, 0.25) is 0 Å². The summed E-state index contributed by atoms with van der Waals surface area (Å²) in [6.07, 6.45) is 2.13. The van der Waals surface area contributed by atoms with Crippen LogP contribution in [0.5, 0.6) is 5.75 Å². The van der Waals surface area contributed by atoms with Crippen molar-refractivity contribution in [2.45, 2.75) is 38.6 Å². The second-order valence-corrected chi connectivity index (χ2v) is 9.50. The van der Waals surface area contributed by atoms with Crippen molar-refractivity contribution in [3.05, 3.63) is 113 Å². The van der Waals surface area contributed by atoms with E-state index in [1.165, 1.54) is 30.4 Å². The van der Waals surface area contributed by atoms with Gasteiger partial charge in [-0.25, -0.2) is 9.79 Å². The fraction of sp³-hybridized carbons (Fsp3) is 0.219. The van der Waals surface area contributed by atoms with Crippen LogP contribution in [-0.2, 0) is 9.53 Å². The van der Waals surface area contributed by atoms with Gasteiger partial charge in [0.15, 0.2) is 5.78 Å². The first-order chi connectivity index (χ1) is 18.7. The molecule has 1 aliphatic heterocycles. The Hall–Kier alpha value is -4.33. The van der Waals surface area contributed by atoms with Crippen LogP contribution in [0.2, 0.25) is 0 Å². The number of phenols is 1. The van der Waals surface area contributed by atoms with Gasteiger partial charge in [-0.15, -0.1) is 0 Å². The number of ketones is 1. The van der Waals surface area contributed by atoms with E-state index in [-0.39, 0.29) is 23.7 Å². The average molecular weight is 526 g/mol. The number of nitrogens with zero attached hydrogens (tertiary/aromatic N) is 1. The van der Waals surface area contributed by atoms with Crippen LogP contribution in [0.3, 0.4) is 0 Å². The number of phenolic OH excluding ortho intramolecular Hbond substituents is 1. The van der Waals surface area contributed by atoms with Crippen molar-refractivity contribution in [1.29, 1.82) is 0 Å². The molecule has 0 fully saturated rings. The summed E-state index contributed by atoms with van der Waals surface area (Å²) in [7, 11) is 0. The molecule has 0 radical (unpaired) electrons. The number of fused-ring (bicyclic) bond motifs is 1. The predicted molar refractivity (Wildman–Crippen MR) is 150 cm³/mol. The van der Waals surface area contributed by atoms with E-state index >= 15 is 0 Å². The van der Waals surface area contributed by atoms with Crippen LogP contribution in [0.4, 0.5) is 5.69 Å². The van der Waals surface area contributed by atoms with Crippen molar-refractivity contribution in [3.8, 4) is 5.75 Å². The first-order valence-corrected chi connectivity index (χ1v) is 12.8. The summed E-state index contributed by atoms with van der Waals surface area (Å²) >= 11 is 0. The minimum atomic E-state index is -1.60. The first kappa shape index (κ1) is 27.7. The van der Waals surface area contributed by atoms with Crippen molar-refractivity contribution in [1.82, 2.24) is 0 Å². The van der Waals surface area contributed by atoms with Crippen molar-refractivity contribution < 1.29 is 29.6 Å². The number of aromatic hydroxyl groups is 1. The summed E-state index contributed by atoms with van der Waals surface area (Å²) in [5.41, 5.74) is 3.09. The van der Waals surface area contributed by atoms with Gasteiger partial charge in [-0.05, 0) is 31.1 Å². The lowest BCUT2D eigenvalue weighted by molar-refractivity contribution is -0.127. The largest absolute Gasteiger partial charge is 0.507 e. The zero-order valence-corrected chi connectivity index (χ0v) is 21.8. The van der Waals surface area contributed by atoms with Crippen molar-refractivity contribution in [2.75, 3.05) is 0 Å². The van der Waals surface area contributed by atoms with Crippen LogP contribution < -0.4 is 0 Å². The normalized spacial score (nSPS) is 23.6. The van der Waals surface area contributed by atoms with Crippen LogP contribution in [0.25, 0.3) is 6.08 Å². The lowest BCUT2D eigenvalue weighted by atomic mass is 9.99. The Morgan fingerprint density at radius 1 is 0.897 bits per heavy atom. The molecule has 0 aliphatic carbocycles. The van der Waals surface area contributed by atoms with Gasteiger partial charge < -0.3 is 20.1 Å². The van der Waals surface area contributed by atoms with E-state index in [0.29, 0.717) is 17.0 Å². The van der Waals surface area contributed by atoms with Gasteiger partial charge in [-0.1, -0.05) is 85.8 Å². The number of benzene rings is 3. The molecular weight excluding hydrogens is 494 g/mol. The van der Waals surface area contributed by atoms with Crippen molar-refractivity contribution in [2.24, 2.45) is 10.9 Å². The minimum absolute atomic E-state index is 0.0441. The fourth-order valence-corrected chi connectivity index (χ4v) is 4.16. The molecule has 7 nitrogen and oxygen atoms in total. The third-order valence-corrected chi connectivity index (χ3v) is 6.60. The van der Waals surface area contributed by atoms with Gasteiger partial charge in [-0.2, -0.15) is 0 Å². The van der Waals surface area contributed by atoms with Gasteiger partial charge >= 0.3 is 5.97 Å². The Kier molecular flexibility index (Phi) is 8.86. The number of ether oxygens (including phenoxy) is 1. The van der Waals surface area contributed by atoms with E-state index in [0.717, 1.165) is 11.1 Å². The molecule has 0 spiro atoms. The zero-order chi connectivity index (χ0) is 27.9. The van der Waals surface area contributed by atoms with Crippen molar-refractivity contribution in [3.63, 3.8) is 0 Å². The number of hydrogen-bond acceptors (Lipinski definition) is 7. The molecule has 0 bridgehead atoms. The number of aliphatic imine (C=N–C) groups is 1. The molecule has 200 valence electrons. The number of cyclic esters (lactones) is 1. The molecule has 1 heterocycles. The average Bonchev–Trinajstić information content (AvgIpc) is 2.94. The summed E-state index contributed by atoms with van der Waals surface area (Å²) in [5.74, 6) is -2.04. The van der Waals surface area contributed by atoms with E-state index in [2.05, 4.69) is 0 Å². The van der Waals surface area contributed by atoms with E-state index in [1.54, 1.807) is 19.9 Å². The summed E-state index contributed by atoms with van der Waals surface area (Å²) in [6.45, 7) is 3.43. The van der Waals surface area contributed by atoms with E-state index in [9.17, 15) is 24.9 Å². The Morgan fingerprint density at radius 3 is 2.13 bits per heavy atom. The summed E-state index contributed by atoms with van der Waals surface area (Å²) in [6, 6.07) is 22.3. The summed E-state index contributed by atoms with van der Waals surface area (Å²) in [4.78, 5) is 30.3.